The Morgan fingerprint density at radius 1 is 1.39 bits per heavy atom. The molecule has 18 heavy (non-hydrogen) atoms. The van der Waals surface area contributed by atoms with Gasteiger partial charge in [0, 0.05) is 0 Å². The number of aromatic nitrogens is 1. The molecule has 94 valence electrons. The van der Waals surface area contributed by atoms with Crippen molar-refractivity contribution in [1.29, 1.82) is 0 Å². The lowest BCUT2D eigenvalue weighted by molar-refractivity contribution is 0.0662. The summed E-state index contributed by atoms with van der Waals surface area (Å²) in [5.41, 5.74) is 2.01. The average Bonchev–Trinajstić information content (AvgIpc) is 2.71. The van der Waals surface area contributed by atoms with E-state index in [1.165, 1.54) is 0 Å². The number of carboxylic acid groups (broad SMARTS) is 1. The van der Waals surface area contributed by atoms with E-state index in [9.17, 15) is 4.79 Å². The van der Waals surface area contributed by atoms with E-state index in [1.807, 2.05) is 19.1 Å². The fourth-order valence-corrected chi connectivity index (χ4v) is 1.70. The lowest BCUT2D eigenvalue weighted by Crippen LogP contribution is -1.95. The van der Waals surface area contributed by atoms with Crippen molar-refractivity contribution in [2.45, 2.75) is 13.8 Å². The van der Waals surface area contributed by atoms with Crippen LogP contribution in [0, 0.1) is 13.8 Å². The summed E-state index contributed by atoms with van der Waals surface area (Å²) < 4.78 is 10.5. The monoisotopic (exact) mass is 247 g/mol. The zero-order valence-electron chi connectivity index (χ0n) is 10.4. The molecule has 2 rings (SSSR count). The molecule has 0 amide bonds. The van der Waals surface area contributed by atoms with Gasteiger partial charge in [-0.05, 0) is 26.0 Å². The molecular formula is C13H13NO4. The van der Waals surface area contributed by atoms with Gasteiger partial charge in [-0.3, -0.25) is 0 Å². The molecule has 0 unspecified atom stereocenters. The van der Waals surface area contributed by atoms with E-state index in [1.54, 1.807) is 20.1 Å². The Balaban J connectivity index is 2.58. The van der Waals surface area contributed by atoms with Crippen LogP contribution in [0.1, 0.15) is 21.8 Å². The van der Waals surface area contributed by atoms with Gasteiger partial charge in [-0.25, -0.2) is 9.78 Å². The molecule has 0 aliphatic rings. The number of nitrogens with zero attached hydrogens (tertiary/aromatic N) is 1. The Morgan fingerprint density at radius 3 is 2.67 bits per heavy atom. The van der Waals surface area contributed by atoms with E-state index in [4.69, 9.17) is 14.3 Å². The maximum Gasteiger partial charge on any atom is 0.373 e. The molecule has 0 radical (unpaired) electrons. The zero-order chi connectivity index (χ0) is 13.3. The number of aryl methyl sites for hydroxylation is 2. The Hall–Kier alpha value is -2.30. The van der Waals surface area contributed by atoms with Crippen molar-refractivity contribution < 1.29 is 19.1 Å². The highest BCUT2D eigenvalue weighted by Crippen LogP contribution is 2.31. The highest BCUT2D eigenvalue weighted by molar-refractivity contribution is 5.86. The predicted octanol–water partition coefficient (Wildman–Crippen LogP) is 2.67. The third-order valence-electron chi connectivity index (χ3n) is 2.58. The minimum Gasteiger partial charge on any atom is -0.496 e. The van der Waals surface area contributed by atoms with Crippen LogP contribution in [-0.4, -0.2) is 23.2 Å². The molecule has 5 nitrogen and oxygen atoms in total. The van der Waals surface area contributed by atoms with Crippen molar-refractivity contribution in [3.8, 4) is 17.2 Å². The number of aromatic carboxylic acids is 1. The quantitative estimate of drug-likeness (QED) is 0.902. The molecule has 1 N–H and O–H groups in total. The van der Waals surface area contributed by atoms with E-state index < -0.39 is 5.97 Å². The van der Waals surface area contributed by atoms with Crippen LogP contribution in [0.2, 0.25) is 0 Å². The number of rotatable bonds is 3. The summed E-state index contributed by atoms with van der Waals surface area (Å²) in [7, 11) is 1.54. The topological polar surface area (TPSA) is 72.6 Å². The van der Waals surface area contributed by atoms with Crippen molar-refractivity contribution in [3.63, 3.8) is 0 Å². The molecule has 1 aromatic heterocycles. The summed E-state index contributed by atoms with van der Waals surface area (Å²) in [4.78, 5) is 15.0. The van der Waals surface area contributed by atoms with Crippen molar-refractivity contribution >= 4 is 5.97 Å². The molecule has 1 aromatic carbocycles. The molecular weight excluding hydrogens is 234 g/mol. The number of hydrogen-bond donors (Lipinski definition) is 1. The van der Waals surface area contributed by atoms with Crippen LogP contribution in [-0.2, 0) is 0 Å². The Kier molecular flexibility index (Phi) is 3.06. The maximum atomic E-state index is 10.9. The van der Waals surface area contributed by atoms with Gasteiger partial charge in [0.15, 0.2) is 0 Å². The second kappa shape index (κ2) is 4.52. The van der Waals surface area contributed by atoms with Crippen LogP contribution in [0.3, 0.4) is 0 Å². The molecule has 0 bridgehead atoms. The smallest absolute Gasteiger partial charge is 0.373 e. The van der Waals surface area contributed by atoms with Gasteiger partial charge in [-0.15, -0.1) is 0 Å². The second-order valence-corrected chi connectivity index (χ2v) is 3.94. The molecule has 0 atom stereocenters. The summed E-state index contributed by atoms with van der Waals surface area (Å²) in [6, 6.07) is 5.54. The number of hydrogen-bond acceptors (Lipinski definition) is 4. The molecule has 0 aliphatic heterocycles. The molecule has 0 saturated carbocycles. The number of ether oxygens (including phenoxy) is 1. The highest BCUT2D eigenvalue weighted by atomic mass is 16.5. The number of carbonyl (C=O) groups is 1. The van der Waals surface area contributed by atoms with Crippen LogP contribution >= 0.6 is 0 Å². The SMILES string of the molecule is COc1ccc(C)cc1-c1nc(C)c(C(=O)O)o1. The molecule has 2 aromatic rings. The molecule has 0 saturated heterocycles. The van der Waals surface area contributed by atoms with Gasteiger partial charge in [0.1, 0.15) is 5.75 Å². The van der Waals surface area contributed by atoms with Gasteiger partial charge in [-0.2, -0.15) is 0 Å². The van der Waals surface area contributed by atoms with Gasteiger partial charge < -0.3 is 14.3 Å². The van der Waals surface area contributed by atoms with E-state index >= 15 is 0 Å². The number of benzene rings is 1. The Bertz CT molecular complexity index is 601. The van der Waals surface area contributed by atoms with Crippen LogP contribution < -0.4 is 4.74 Å². The second-order valence-electron chi connectivity index (χ2n) is 3.94. The predicted molar refractivity (Wildman–Crippen MR) is 64.9 cm³/mol. The highest BCUT2D eigenvalue weighted by Gasteiger charge is 2.19. The van der Waals surface area contributed by atoms with E-state index in [0.29, 0.717) is 17.0 Å². The summed E-state index contributed by atoms with van der Waals surface area (Å²) in [6.45, 7) is 3.52. The van der Waals surface area contributed by atoms with Crippen molar-refractivity contribution in [3.05, 3.63) is 35.2 Å². The Labute approximate surface area is 104 Å². The van der Waals surface area contributed by atoms with Gasteiger partial charge in [0.25, 0.3) is 0 Å². The standard InChI is InChI=1S/C13H13NO4/c1-7-4-5-10(17-3)9(6-7)12-14-8(2)11(18-12)13(15)16/h4-6H,1-3H3,(H,15,16). The first-order valence-electron chi connectivity index (χ1n) is 5.38. The summed E-state index contributed by atoms with van der Waals surface area (Å²) in [5, 5.41) is 8.94. The maximum absolute atomic E-state index is 10.9. The first-order chi connectivity index (χ1) is 8.52. The van der Waals surface area contributed by atoms with Crippen molar-refractivity contribution in [2.24, 2.45) is 0 Å². The molecule has 5 heteroatoms. The third-order valence-corrected chi connectivity index (χ3v) is 2.58. The van der Waals surface area contributed by atoms with Crippen LogP contribution in [0.5, 0.6) is 5.75 Å². The largest absolute Gasteiger partial charge is 0.496 e. The fourth-order valence-electron chi connectivity index (χ4n) is 1.70. The number of oxazole rings is 1. The van der Waals surface area contributed by atoms with Crippen LogP contribution in [0.4, 0.5) is 0 Å². The molecule has 1 heterocycles. The normalized spacial score (nSPS) is 10.4. The minimum absolute atomic E-state index is 0.145. The lowest BCUT2D eigenvalue weighted by Gasteiger charge is -2.05. The van der Waals surface area contributed by atoms with Crippen molar-refractivity contribution in [2.75, 3.05) is 7.11 Å². The van der Waals surface area contributed by atoms with E-state index in [0.717, 1.165) is 5.56 Å². The van der Waals surface area contributed by atoms with Gasteiger partial charge in [-0.1, -0.05) is 11.6 Å². The molecule has 0 fully saturated rings. The minimum atomic E-state index is -1.13. The third kappa shape index (κ3) is 2.07. The van der Waals surface area contributed by atoms with E-state index in [-0.39, 0.29) is 11.7 Å². The van der Waals surface area contributed by atoms with Gasteiger partial charge in [0.05, 0.1) is 18.4 Å². The number of methoxy groups -OCH3 is 1. The van der Waals surface area contributed by atoms with E-state index in [2.05, 4.69) is 4.98 Å². The average molecular weight is 247 g/mol. The first-order valence-corrected chi connectivity index (χ1v) is 5.38. The lowest BCUT2D eigenvalue weighted by atomic mass is 10.1. The molecule has 0 spiro atoms. The fraction of sp³-hybridized carbons (Fsp3) is 0.231. The number of carboxylic acids is 1. The van der Waals surface area contributed by atoms with Crippen LogP contribution in [0.25, 0.3) is 11.5 Å². The van der Waals surface area contributed by atoms with Crippen molar-refractivity contribution in [1.82, 2.24) is 4.98 Å². The zero-order valence-corrected chi connectivity index (χ0v) is 10.4. The summed E-state index contributed by atoms with van der Waals surface area (Å²) in [6.07, 6.45) is 0. The van der Waals surface area contributed by atoms with Crippen LogP contribution in [0.15, 0.2) is 22.6 Å². The molecule has 0 aliphatic carbocycles. The summed E-state index contributed by atoms with van der Waals surface area (Å²) >= 11 is 0. The van der Waals surface area contributed by atoms with Gasteiger partial charge in [0.2, 0.25) is 11.7 Å². The first kappa shape index (κ1) is 12.2. The summed E-state index contributed by atoms with van der Waals surface area (Å²) in [5.74, 6) is -0.421. The van der Waals surface area contributed by atoms with Gasteiger partial charge >= 0.3 is 5.97 Å². The Morgan fingerprint density at radius 2 is 2.11 bits per heavy atom.